The molecule has 0 amide bonds. The molecule has 5 aliphatic rings. The summed E-state index contributed by atoms with van der Waals surface area (Å²) in [4.78, 5) is 17.0. The van der Waals surface area contributed by atoms with Crippen molar-refractivity contribution in [1.29, 1.82) is 0 Å². The van der Waals surface area contributed by atoms with E-state index >= 15 is 0 Å². The first kappa shape index (κ1) is 71.3. The SMILES string of the molecule is CCCCCCCCCCCC[N+](C)(C)Cc1ccccc1.CCCN1CCC[C@@H]2Cc3[nH]ncc3C[C@H]21.C[N+]1(C)[C@@H]2C[C@@H](OC(=O)C(O)(c3cccs3)c3cccs3)C[C@H]1[C@@H]1O[C@@H]12.Cl.O=S(=O)(O)O.[Br-].[Cl-].[Cl-].[Na+]. The average molecular weight is 1220 g/mol. The molecule has 0 saturated carbocycles. The summed E-state index contributed by atoms with van der Waals surface area (Å²) in [5.41, 5.74) is 2.60. The van der Waals surface area contributed by atoms with Crippen molar-refractivity contribution < 1.29 is 117 Å². The van der Waals surface area contributed by atoms with Crippen molar-refractivity contribution >= 4 is 51.4 Å². The number of hydrogen-bond donors (Lipinski definition) is 4. The van der Waals surface area contributed by atoms with Gasteiger partial charge in [-0.15, -0.1) is 35.1 Å². The van der Waals surface area contributed by atoms with E-state index in [0.717, 1.165) is 40.3 Å². The number of nitrogens with zero attached hydrogens (tertiary/aromatic N) is 4. The Morgan fingerprint density at radius 2 is 1.41 bits per heavy atom. The molecule has 1 aliphatic carbocycles. The molecule has 2 bridgehead atoms. The molecule has 0 spiro atoms. The fourth-order valence-electron chi connectivity index (χ4n) is 11.5. The number of morpholine rings is 1. The van der Waals surface area contributed by atoms with E-state index in [2.05, 4.69) is 87.5 Å². The molecule has 13 nitrogen and oxygen atoms in total. The number of epoxide rings is 1. The maximum atomic E-state index is 13.1. The maximum absolute atomic E-state index is 13.1. The Hall–Kier alpha value is -0.680. The van der Waals surface area contributed by atoms with E-state index in [1.807, 2.05) is 29.1 Å². The third-order valence-electron chi connectivity index (χ3n) is 15.2. The molecule has 416 valence electrons. The molecule has 3 aromatic heterocycles. The van der Waals surface area contributed by atoms with E-state index in [4.69, 9.17) is 27.0 Å². The number of rotatable bonds is 19. The quantitative estimate of drug-likeness (QED) is 0.0213. The second kappa shape index (κ2) is 33.8. The number of halogens is 4. The smallest absolute Gasteiger partial charge is 1.00 e. The van der Waals surface area contributed by atoms with Gasteiger partial charge >= 0.3 is 45.9 Å². The van der Waals surface area contributed by atoms with Gasteiger partial charge in [0.25, 0.3) is 0 Å². The summed E-state index contributed by atoms with van der Waals surface area (Å²) in [6, 6.07) is 19.7. The number of benzene rings is 1. The van der Waals surface area contributed by atoms with Crippen molar-refractivity contribution in [3.05, 3.63) is 98.1 Å². The number of H-pyrrole nitrogens is 1. The fourth-order valence-corrected chi connectivity index (χ4v) is 13.2. The van der Waals surface area contributed by atoms with Crippen LogP contribution in [0.3, 0.4) is 0 Å². The topological polar surface area (TPSA) is 166 Å². The molecule has 1 aromatic carbocycles. The van der Waals surface area contributed by atoms with Gasteiger partial charge in [-0.3, -0.25) is 19.1 Å². The Morgan fingerprint density at radius 1 is 0.865 bits per heavy atom. The van der Waals surface area contributed by atoms with Gasteiger partial charge in [0.2, 0.25) is 5.60 Å². The minimum absolute atomic E-state index is 0. The molecule has 74 heavy (non-hydrogen) atoms. The first-order chi connectivity index (χ1) is 32.9. The number of fused-ring (bicyclic) bond motifs is 7. The van der Waals surface area contributed by atoms with Gasteiger partial charge in [0.1, 0.15) is 36.9 Å². The number of nitrogens with one attached hydrogen (secondary N) is 1. The van der Waals surface area contributed by atoms with Crippen LogP contribution in [0, 0.1) is 5.92 Å². The molecular formula is C53H84BrCl3N5NaO8S3. The molecule has 4 saturated heterocycles. The van der Waals surface area contributed by atoms with Crippen LogP contribution in [0.5, 0.6) is 0 Å². The molecule has 21 heteroatoms. The molecule has 7 heterocycles. The van der Waals surface area contributed by atoms with Crippen LogP contribution in [-0.2, 0) is 49.7 Å². The molecule has 0 unspecified atom stereocenters. The minimum atomic E-state index is -4.67. The third-order valence-corrected chi connectivity index (χ3v) is 17.1. The van der Waals surface area contributed by atoms with Crippen LogP contribution in [0.1, 0.15) is 137 Å². The largest absolute Gasteiger partial charge is 1.00 e. The second-order valence-electron chi connectivity index (χ2n) is 21.2. The van der Waals surface area contributed by atoms with Crippen molar-refractivity contribution in [2.45, 2.75) is 172 Å². The van der Waals surface area contributed by atoms with Crippen LogP contribution < -0.4 is 71.4 Å². The third kappa shape index (κ3) is 20.8. The minimum Gasteiger partial charge on any atom is -1.00 e. The Morgan fingerprint density at radius 3 is 1.92 bits per heavy atom. The molecule has 4 aromatic rings. The number of thiophene rings is 2. The van der Waals surface area contributed by atoms with Gasteiger partial charge in [-0.2, -0.15) is 13.5 Å². The number of aromatic nitrogens is 2. The summed E-state index contributed by atoms with van der Waals surface area (Å²) >= 11 is 2.74. The maximum Gasteiger partial charge on any atom is 1.00 e. The number of ether oxygens (including phenoxy) is 2. The number of likely N-dealkylation sites (N-methyl/N-ethyl adjacent to an activating group) is 1. The number of aromatic amines is 1. The normalized spacial score (nSPS) is 22.8. The number of piperidine rings is 2. The summed E-state index contributed by atoms with van der Waals surface area (Å²) in [7, 11) is 4.55. The van der Waals surface area contributed by atoms with Crippen LogP contribution in [0.2, 0.25) is 0 Å². The zero-order valence-corrected chi connectivity index (χ0v) is 53.1. The van der Waals surface area contributed by atoms with Crippen molar-refractivity contribution in [3.8, 4) is 0 Å². The van der Waals surface area contributed by atoms with Gasteiger partial charge < -0.3 is 65.3 Å². The molecule has 4 fully saturated rings. The number of esters is 1. The van der Waals surface area contributed by atoms with E-state index in [0.29, 0.717) is 34.0 Å². The van der Waals surface area contributed by atoms with Crippen molar-refractivity contribution in [2.24, 2.45) is 5.92 Å². The fraction of sp³-hybridized carbons (Fsp3) is 0.660. The summed E-state index contributed by atoms with van der Waals surface area (Å²) in [5.74, 6) is 0.307. The Balaban J connectivity index is 0.000000524. The summed E-state index contributed by atoms with van der Waals surface area (Å²) < 4.78 is 45.3. The predicted octanol–water partition coefficient (Wildman–Crippen LogP) is -1.69. The van der Waals surface area contributed by atoms with Gasteiger partial charge in [-0.1, -0.05) is 108 Å². The van der Waals surface area contributed by atoms with Gasteiger partial charge in [0, 0.05) is 30.1 Å². The van der Waals surface area contributed by atoms with Crippen LogP contribution >= 0.6 is 35.1 Å². The standard InChI is InChI=1S/C21H38N.C19H22NO4S2.C13H21N3.BrH.3ClH.Na.H2O4S/c1-4-5-6-7-8-9-10-11-12-16-19-22(2,3)20-21-17-14-13-15-18-21;1-20(2)12-9-11(10-13(20)17-16(12)24-17)23-18(21)19(22,14-5-3-7-25-14)15-6-4-8-26-15;1-2-5-16-6-3-4-10-7-12-11(8-13(10)16)9-14-15-12;;;;;;1-5(2,3)4/h13-15,17-18H,4-12,16,19-20H2,1-3H3;3-8,11-13,16-17,22H,9-10H2,1-2H3;9-10,13H,2-8H2,1H3,(H,14,15);4*1H;;(H2,1,2,3,4)/q2*+1;;;;;;+1;/p-3/t;11-,12-,13+,16-,17+;10-,13-;;;;;;/m..1....../s1. The number of likely N-dealkylation sites (tertiary alicyclic amines) is 1. The van der Waals surface area contributed by atoms with Crippen LogP contribution in [0.4, 0.5) is 0 Å². The van der Waals surface area contributed by atoms with Gasteiger partial charge in [0.15, 0.2) is 0 Å². The molecule has 4 aliphatic heterocycles. The van der Waals surface area contributed by atoms with Crippen molar-refractivity contribution in [2.75, 3.05) is 47.8 Å². The van der Waals surface area contributed by atoms with Gasteiger partial charge in [-0.25, -0.2) is 4.79 Å². The zero-order valence-electron chi connectivity index (χ0n) is 44.8. The van der Waals surface area contributed by atoms with E-state index < -0.39 is 22.0 Å². The molecular weight excluding hydrogens is 1140 g/mol. The van der Waals surface area contributed by atoms with Crippen molar-refractivity contribution in [3.63, 3.8) is 0 Å². The van der Waals surface area contributed by atoms with Crippen LogP contribution in [0.25, 0.3) is 0 Å². The average Bonchev–Trinajstić information content (AvgIpc) is 3.75. The number of carbonyl (C=O) groups is 1. The summed E-state index contributed by atoms with van der Waals surface area (Å²) in [6.45, 7) is 9.60. The van der Waals surface area contributed by atoms with E-state index in [1.54, 1.807) is 12.1 Å². The number of quaternary nitrogens is 2. The van der Waals surface area contributed by atoms with Crippen molar-refractivity contribution in [1.82, 2.24) is 15.1 Å². The van der Waals surface area contributed by atoms with Crippen LogP contribution in [-0.4, -0.2) is 137 Å². The van der Waals surface area contributed by atoms with E-state index in [1.165, 1.54) is 155 Å². The molecule has 4 N–H and O–H groups in total. The number of carbonyl (C=O) groups excluding carboxylic acids is 1. The molecule has 7 atom stereocenters. The van der Waals surface area contributed by atoms with E-state index in [-0.39, 0.29) is 89.9 Å². The van der Waals surface area contributed by atoms with Gasteiger partial charge in [-0.05, 0) is 92.4 Å². The first-order valence-corrected chi connectivity index (χ1v) is 28.9. The van der Waals surface area contributed by atoms with Gasteiger partial charge in [0.05, 0.1) is 50.7 Å². The molecule has 9 rings (SSSR count). The second-order valence-corrected chi connectivity index (χ2v) is 24.0. The monoisotopic (exact) mass is 1220 g/mol. The van der Waals surface area contributed by atoms with E-state index in [9.17, 15) is 9.90 Å². The molecule has 0 radical (unpaired) electrons. The first-order valence-electron chi connectivity index (χ1n) is 25.8. The van der Waals surface area contributed by atoms with Crippen LogP contribution in [0.15, 0.2) is 71.6 Å². The zero-order chi connectivity index (χ0) is 49.7. The Labute approximate surface area is 502 Å². The summed E-state index contributed by atoms with van der Waals surface area (Å²) in [5, 5.41) is 22.5. The predicted molar refractivity (Wildman–Crippen MR) is 284 cm³/mol. The number of hydrogen-bond acceptors (Lipinski definition) is 10. The number of aliphatic hydroxyl groups is 1. The Bertz CT molecular complexity index is 2190. The summed E-state index contributed by atoms with van der Waals surface area (Å²) in [6.07, 6.45) is 24.8. The Kier molecular flexibility index (Phi) is 32.6. The number of unbranched alkanes of at least 4 members (excludes halogenated alkanes) is 9.